The smallest absolute Gasteiger partial charge is 0.0181 e. The van der Waals surface area contributed by atoms with Crippen molar-refractivity contribution in [1.82, 2.24) is 10.6 Å². The first-order chi connectivity index (χ1) is 6.46. The van der Waals surface area contributed by atoms with Crippen molar-refractivity contribution in [2.24, 2.45) is 16.7 Å². The average Bonchev–Trinajstić information content (AvgIpc) is 2.54. The van der Waals surface area contributed by atoms with Crippen LogP contribution >= 0.6 is 0 Å². The summed E-state index contributed by atoms with van der Waals surface area (Å²) in [7, 11) is 0. The van der Waals surface area contributed by atoms with Crippen molar-refractivity contribution in [1.29, 1.82) is 0 Å². The SMILES string of the molecule is CC1(C)C(NCC2CCNC2)C1(C)C. The van der Waals surface area contributed by atoms with E-state index in [0.29, 0.717) is 10.8 Å². The van der Waals surface area contributed by atoms with E-state index in [0.717, 1.165) is 12.0 Å². The molecule has 14 heavy (non-hydrogen) atoms. The van der Waals surface area contributed by atoms with Gasteiger partial charge in [0.25, 0.3) is 0 Å². The minimum atomic E-state index is 0.485. The van der Waals surface area contributed by atoms with E-state index in [2.05, 4.69) is 38.3 Å². The highest BCUT2D eigenvalue weighted by molar-refractivity contribution is 5.17. The minimum Gasteiger partial charge on any atom is -0.316 e. The molecule has 1 saturated carbocycles. The Morgan fingerprint density at radius 2 is 1.86 bits per heavy atom. The Bertz CT molecular complexity index is 200. The van der Waals surface area contributed by atoms with E-state index < -0.39 is 0 Å². The summed E-state index contributed by atoms with van der Waals surface area (Å²) in [5.41, 5.74) is 0.970. The largest absolute Gasteiger partial charge is 0.316 e. The van der Waals surface area contributed by atoms with Crippen molar-refractivity contribution in [3.05, 3.63) is 0 Å². The molecule has 2 N–H and O–H groups in total. The zero-order valence-electron chi connectivity index (χ0n) is 9.98. The van der Waals surface area contributed by atoms with Crippen LogP contribution < -0.4 is 10.6 Å². The molecule has 0 aromatic rings. The van der Waals surface area contributed by atoms with Crippen molar-refractivity contribution in [3.63, 3.8) is 0 Å². The summed E-state index contributed by atoms with van der Waals surface area (Å²) in [4.78, 5) is 0. The summed E-state index contributed by atoms with van der Waals surface area (Å²) in [5.74, 6) is 0.863. The van der Waals surface area contributed by atoms with Gasteiger partial charge in [-0.2, -0.15) is 0 Å². The Balaban J connectivity index is 1.77. The molecule has 2 rings (SSSR count). The molecule has 0 radical (unpaired) electrons. The van der Waals surface area contributed by atoms with Crippen LogP contribution in [0.4, 0.5) is 0 Å². The van der Waals surface area contributed by atoms with Gasteiger partial charge in [0, 0.05) is 6.04 Å². The van der Waals surface area contributed by atoms with Crippen LogP contribution in [0.3, 0.4) is 0 Å². The molecule has 0 spiro atoms. The molecule has 0 bridgehead atoms. The highest BCUT2D eigenvalue weighted by atomic mass is 15.1. The molecule has 1 unspecified atom stereocenters. The molecule has 0 aromatic carbocycles. The molecule has 2 aliphatic rings. The first kappa shape index (κ1) is 10.4. The average molecular weight is 196 g/mol. The Hall–Kier alpha value is -0.0800. The fourth-order valence-corrected chi connectivity index (χ4v) is 2.88. The van der Waals surface area contributed by atoms with Gasteiger partial charge in [-0.3, -0.25) is 0 Å². The fourth-order valence-electron chi connectivity index (χ4n) is 2.88. The summed E-state index contributed by atoms with van der Waals surface area (Å²) in [6.45, 7) is 13.1. The van der Waals surface area contributed by atoms with Crippen molar-refractivity contribution in [2.75, 3.05) is 19.6 Å². The molecule has 0 aromatic heterocycles. The number of hydrogen-bond acceptors (Lipinski definition) is 2. The summed E-state index contributed by atoms with van der Waals surface area (Å²) < 4.78 is 0. The molecule has 1 aliphatic heterocycles. The Morgan fingerprint density at radius 1 is 1.21 bits per heavy atom. The highest BCUT2D eigenvalue weighted by Gasteiger charge is 2.64. The second-order valence-corrected chi connectivity index (χ2v) is 6.14. The lowest BCUT2D eigenvalue weighted by atomic mass is 10.0. The third-order valence-corrected chi connectivity index (χ3v) is 4.79. The summed E-state index contributed by atoms with van der Waals surface area (Å²) in [6, 6.07) is 0.718. The lowest BCUT2D eigenvalue weighted by Gasteiger charge is -2.11. The number of hydrogen-bond donors (Lipinski definition) is 2. The van der Waals surface area contributed by atoms with E-state index in [4.69, 9.17) is 0 Å². The zero-order chi connectivity index (χ0) is 10.4. The Labute approximate surface area is 87.8 Å². The number of nitrogens with one attached hydrogen (secondary N) is 2. The molecule has 1 heterocycles. The van der Waals surface area contributed by atoms with E-state index in [9.17, 15) is 0 Å². The summed E-state index contributed by atoms with van der Waals surface area (Å²) in [5, 5.41) is 7.16. The van der Waals surface area contributed by atoms with Crippen LogP contribution in [0.2, 0.25) is 0 Å². The van der Waals surface area contributed by atoms with Crippen LogP contribution in [-0.4, -0.2) is 25.7 Å². The molecule has 2 fully saturated rings. The third-order valence-electron chi connectivity index (χ3n) is 4.79. The maximum Gasteiger partial charge on any atom is 0.0181 e. The van der Waals surface area contributed by atoms with Gasteiger partial charge >= 0.3 is 0 Å². The molecular weight excluding hydrogens is 172 g/mol. The fraction of sp³-hybridized carbons (Fsp3) is 1.00. The zero-order valence-corrected chi connectivity index (χ0v) is 9.98. The van der Waals surface area contributed by atoms with Crippen molar-refractivity contribution >= 4 is 0 Å². The van der Waals surface area contributed by atoms with Crippen LogP contribution in [0.5, 0.6) is 0 Å². The van der Waals surface area contributed by atoms with E-state index in [1.54, 1.807) is 0 Å². The van der Waals surface area contributed by atoms with E-state index in [1.165, 1.54) is 26.1 Å². The molecule has 1 aliphatic carbocycles. The van der Waals surface area contributed by atoms with Crippen LogP contribution in [0.15, 0.2) is 0 Å². The monoisotopic (exact) mass is 196 g/mol. The maximum atomic E-state index is 3.74. The highest BCUT2D eigenvalue weighted by Crippen LogP contribution is 2.62. The molecular formula is C12H24N2. The van der Waals surface area contributed by atoms with Crippen LogP contribution in [0.25, 0.3) is 0 Å². The predicted octanol–water partition coefficient (Wildman–Crippen LogP) is 1.62. The van der Waals surface area contributed by atoms with Crippen molar-refractivity contribution in [3.8, 4) is 0 Å². The van der Waals surface area contributed by atoms with Crippen LogP contribution in [0.1, 0.15) is 34.1 Å². The summed E-state index contributed by atoms with van der Waals surface area (Å²) in [6.07, 6.45) is 1.35. The standard InChI is InChI=1S/C12H24N2/c1-11(2)10(12(11,3)4)14-8-9-5-6-13-7-9/h9-10,13-14H,5-8H2,1-4H3. The minimum absolute atomic E-state index is 0.485. The first-order valence-electron chi connectivity index (χ1n) is 5.90. The van der Waals surface area contributed by atoms with E-state index in [-0.39, 0.29) is 0 Å². The van der Waals surface area contributed by atoms with E-state index in [1.807, 2.05) is 0 Å². The lowest BCUT2D eigenvalue weighted by molar-refractivity contribution is 0.457. The normalized spacial score (nSPS) is 34.7. The van der Waals surface area contributed by atoms with Gasteiger partial charge in [-0.15, -0.1) is 0 Å². The van der Waals surface area contributed by atoms with Crippen molar-refractivity contribution < 1.29 is 0 Å². The third kappa shape index (κ3) is 1.49. The van der Waals surface area contributed by atoms with Gasteiger partial charge in [0.05, 0.1) is 0 Å². The van der Waals surface area contributed by atoms with Gasteiger partial charge in [-0.05, 0) is 42.8 Å². The lowest BCUT2D eigenvalue weighted by Crippen LogP contribution is -2.29. The van der Waals surface area contributed by atoms with Gasteiger partial charge in [-0.1, -0.05) is 27.7 Å². The first-order valence-corrected chi connectivity index (χ1v) is 5.90. The Kier molecular flexibility index (Phi) is 2.39. The second-order valence-electron chi connectivity index (χ2n) is 6.14. The Morgan fingerprint density at radius 3 is 2.29 bits per heavy atom. The van der Waals surface area contributed by atoms with Crippen LogP contribution in [-0.2, 0) is 0 Å². The molecule has 1 saturated heterocycles. The molecule has 1 atom stereocenters. The number of rotatable bonds is 3. The van der Waals surface area contributed by atoms with Gasteiger partial charge in [0.1, 0.15) is 0 Å². The van der Waals surface area contributed by atoms with Gasteiger partial charge in [0.2, 0.25) is 0 Å². The van der Waals surface area contributed by atoms with Crippen LogP contribution in [0, 0.1) is 16.7 Å². The quantitative estimate of drug-likeness (QED) is 0.717. The second kappa shape index (κ2) is 3.21. The summed E-state index contributed by atoms with van der Waals surface area (Å²) >= 11 is 0. The topological polar surface area (TPSA) is 24.1 Å². The van der Waals surface area contributed by atoms with Crippen molar-refractivity contribution in [2.45, 2.75) is 40.2 Å². The molecule has 2 nitrogen and oxygen atoms in total. The van der Waals surface area contributed by atoms with Gasteiger partial charge in [-0.25, -0.2) is 0 Å². The predicted molar refractivity (Wildman–Crippen MR) is 60.3 cm³/mol. The molecule has 0 amide bonds. The van der Waals surface area contributed by atoms with Gasteiger partial charge < -0.3 is 10.6 Å². The molecule has 82 valence electrons. The maximum absolute atomic E-state index is 3.74. The van der Waals surface area contributed by atoms with Gasteiger partial charge in [0.15, 0.2) is 0 Å². The van der Waals surface area contributed by atoms with E-state index >= 15 is 0 Å². The molecule has 2 heteroatoms.